The van der Waals surface area contributed by atoms with Crippen LogP contribution in [0.2, 0.25) is 0 Å². The van der Waals surface area contributed by atoms with Crippen LogP contribution in [0.5, 0.6) is 0 Å². The number of anilines is 1. The smallest absolute Gasteiger partial charge is 0.253 e. The molecule has 1 aliphatic rings. The highest BCUT2D eigenvalue weighted by Gasteiger charge is 2.23. The van der Waals surface area contributed by atoms with E-state index in [2.05, 4.69) is 5.32 Å². The number of aryl methyl sites for hydroxylation is 1. The Morgan fingerprint density at radius 2 is 1.74 bits per heavy atom. The Hall–Kier alpha value is -2.66. The summed E-state index contributed by atoms with van der Waals surface area (Å²) < 4.78 is 0. The minimum Gasteiger partial charge on any atom is -0.339 e. The number of rotatable bonds is 5. The van der Waals surface area contributed by atoms with Crippen molar-refractivity contribution in [2.75, 3.05) is 18.4 Å². The van der Waals surface area contributed by atoms with Crippen molar-refractivity contribution in [3.05, 3.63) is 65.2 Å². The fraction of sp³-hybridized carbons (Fsp3) is 0.364. The van der Waals surface area contributed by atoms with Crippen molar-refractivity contribution in [1.82, 2.24) is 4.90 Å². The fourth-order valence-corrected chi connectivity index (χ4v) is 3.41. The van der Waals surface area contributed by atoms with Gasteiger partial charge in [-0.1, -0.05) is 37.3 Å². The van der Waals surface area contributed by atoms with Crippen LogP contribution in [-0.4, -0.2) is 29.8 Å². The standard InChI is InChI=1S/C22H27N3O2/c1-15-14-18(22(27)25-12-6-7-13-25)10-11-19(15)24-21(26)16(2)20(23)17-8-4-3-5-9-17/h3-5,8-11,14,16,20H,6-7,12-13,23H2,1-2H3,(H,24,26). The third-order valence-corrected chi connectivity index (χ3v) is 5.26. The summed E-state index contributed by atoms with van der Waals surface area (Å²) >= 11 is 0. The maximum atomic E-state index is 12.6. The van der Waals surface area contributed by atoms with Crippen LogP contribution in [0.3, 0.4) is 0 Å². The molecule has 0 bridgehead atoms. The zero-order chi connectivity index (χ0) is 19.4. The van der Waals surface area contributed by atoms with Crippen LogP contribution in [0.15, 0.2) is 48.5 Å². The van der Waals surface area contributed by atoms with E-state index in [9.17, 15) is 9.59 Å². The number of nitrogens with zero attached hydrogens (tertiary/aromatic N) is 1. The van der Waals surface area contributed by atoms with Crippen molar-refractivity contribution in [3.63, 3.8) is 0 Å². The molecule has 2 amide bonds. The molecule has 1 aliphatic heterocycles. The number of hydrogen-bond acceptors (Lipinski definition) is 3. The molecule has 2 aromatic carbocycles. The Morgan fingerprint density at radius 1 is 1.07 bits per heavy atom. The van der Waals surface area contributed by atoms with Gasteiger partial charge in [-0.25, -0.2) is 0 Å². The summed E-state index contributed by atoms with van der Waals surface area (Å²) in [5.41, 5.74) is 9.44. The fourth-order valence-electron chi connectivity index (χ4n) is 3.41. The zero-order valence-electron chi connectivity index (χ0n) is 15.9. The molecule has 2 unspecified atom stereocenters. The van der Waals surface area contributed by atoms with Crippen LogP contribution in [0.25, 0.3) is 0 Å². The van der Waals surface area contributed by atoms with Gasteiger partial charge in [-0.05, 0) is 49.1 Å². The number of amides is 2. The Bertz CT molecular complexity index is 814. The van der Waals surface area contributed by atoms with E-state index in [4.69, 9.17) is 5.73 Å². The summed E-state index contributed by atoms with van der Waals surface area (Å²) in [7, 11) is 0. The molecule has 3 rings (SSSR count). The van der Waals surface area contributed by atoms with Crippen molar-refractivity contribution in [2.45, 2.75) is 32.7 Å². The van der Waals surface area contributed by atoms with Gasteiger partial charge in [0.2, 0.25) is 5.91 Å². The average molecular weight is 365 g/mol. The van der Waals surface area contributed by atoms with Crippen molar-refractivity contribution >= 4 is 17.5 Å². The Kier molecular flexibility index (Phi) is 5.91. The van der Waals surface area contributed by atoms with Gasteiger partial charge in [0.05, 0.1) is 5.92 Å². The summed E-state index contributed by atoms with van der Waals surface area (Å²) in [6, 6.07) is 14.7. The lowest BCUT2D eigenvalue weighted by Gasteiger charge is -2.21. The largest absolute Gasteiger partial charge is 0.339 e. The van der Waals surface area contributed by atoms with E-state index in [1.807, 2.05) is 55.1 Å². The van der Waals surface area contributed by atoms with E-state index >= 15 is 0 Å². The van der Waals surface area contributed by atoms with Gasteiger partial charge in [0.25, 0.3) is 5.91 Å². The summed E-state index contributed by atoms with van der Waals surface area (Å²) in [5.74, 6) is -0.446. The molecule has 5 heteroatoms. The van der Waals surface area contributed by atoms with Gasteiger partial charge in [-0.2, -0.15) is 0 Å². The van der Waals surface area contributed by atoms with Gasteiger partial charge in [0.15, 0.2) is 0 Å². The molecule has 1 fully saturated rings. The molecule has 0 spiro atoms. The summed E-state index contributed by atoms with van der Waals surface area (Å²) in [6.45, 7) is 5.38. The third-order valence-electron chi connectivity index (χ3n) is 5.26. The quantitative estimate of drug-likeness (QED) is 0.851. The second kappa shape index (κ2) is 8.35. The summed E-state index contributed by atoms with van der Waals surface area (Å²) in [5, 5.41) is 2.95. The molecule has 2 atom stereocenters. The number of nitrogens with two attached hydrogens (primary N) is 1. The molecule has 5 nitrogen and oxygen atoms in total. The minimum absolute atomic E-state index is 0.0629. The van der Waals surface area contributed by atoms with Crippen molar-refractivity contribution in [3.8, 4) is 0 Å². The van der Waals surface area contributed by atoms with Crippen LogP contribution in [0.1, 0.15) is 47.3 Å². The van der Waals surface area contributed by atoms with E-state index in [-0.39, 0.29) is 23.8 Å². The minimum atomic E-state index is -0.377. The van der Waals surface area contributed by atoms with Crippen LogP contribution in [0.4, 0.5) is 5.69 Å². The Labute approximate surface area is 160 Å². The van der Waals surface area contributed by atoms with Crippen LogP contribution in [-0.2, 0) is 4.79 Å². The predicted octanol–water partition coefficient (Wildman–Crippen LogP) is 3.51. The number of benzene rings is 2. The molecule has 3 N–H and O–H groups in total. The molecule has 0 radical (unpaired) electrons. The Balaban J connectivity index is 1.68. The van der Waals surface area contributed by atoms with Crippen molar-refractivity contribution in [2.24, 2.45) is 11.7 Å². The molecule has 27 heavy (non-hydrogen) atoms. The van der Waals surface area contributed by atoms with Gasteiger partial charge in [0.1, 0.15) is 0 Å². The van der Waals surface area contributed by atoms with Crippen molar-refractivity contribution < 1.29 is 9.59 Å². The van der Waals surface area contributed by atoms with Gasteiger partial charge in [0, 0.05) is 30.4 Å². The Morgan fingerprint density at radius 3 is 2.37 bits per heavy atom. The van der Waals surface area contributed by atoms with Gasteiger partial charge in [-0.3, -0.25) is 9.59 Å². The monoisotopic (exact) mass is 365 g/mol. The molecule has 142 valence electrons. The first-order chi connectivity index (χ1) is 13.0. The zero-order valence-corrected chi connectivity index (χ0v) is 15.9. The maximum Gasteiger partial charge on any atom is 0.253 e. The molecular formula is C22H27N3O2. The topological polar surface area (TPSA) is 75.4 Å². The number of nitrogens with one attached hydrogen (secondary N) is 1. The molecule has 0 saturated carbocycles. The highest BCUT2D eigenvalue weighted by atomic mass is 16.2. The molecule has 1 heterocycles. The van der Waals surface area contributed by atoms with Crippen LogP contribution in [0, 0.1) is 12.8 Å². The van der Waals surface area contributed by atoms with Crippen LogP contribution < -0.4 is 11.1 Å². The first-order valence-corrected chi connectivity index (χ1v) is 9.48. The lowest BCUT2D eigenvalue weighted by Crippen LogP contribution is -2.31. The van der Waals surface area contributed by atoms with Crippen LogP contribution >= 0.6 is 0 Å². The maximum absolute atomic E-state index is 12.6. The lowest BCUT2D eigenvalue weighted by atomic mass is 9.94. The third kappa shape index (κ3) is 4.37. The number of likely N-dealkylation sites (tertiary alicyclic amines) is 1. The molecular weight excluding hydrogens is 338 g/mol. The second-order valence-electron chi connectivity index (χ2n) is 7.24. The van der Waals surface area contributed by atoms with Gasteiger partial charge < -0.3 is 16.0 Å². The first kappa shape index (κ1) is 19.1. The van der Waals surface area contributed by atoms with Crippen molar-refractivity contribution in [1.29, 1.82) is 0 Å². The van der Waals surface area contributed by atoms with E-state index in [1.54, 1.807) is 12.1 Å². The highest BCUT2D eigenvalue weighted by molar-refractivity contribution is 5.97. The van der Waals surface area contributed by atoms with Gasteiger partial charge in [-0.15, -0.1) is 0 Å². The molecule has 1 saturated heterocycles. The second-order valence-corrected chi connectivity index (χ2v) is 7.24. The van der Waals surface area contributed by atoms with E-state index in [0.717, 1.165) is 37.1 Å². The molecule has 0 aromatic heterocycles. The van der Waals surface area contributed by atoms with Gasteiger partial charge >= 0.3 is 0 Å². The normalized spacial score (nSPS) is 16.0. The summed E-state index contributed by atoms with van der Waals surface area (Å²) in [4.78, 5) is 27.0. The highest BCUT2D eigenvalue weighted by Crippen LogP contribution is 2.23. The predicted molar refractivity (Wildman–Crippen MR) is 107 cm³/mol. The first-order valence-electron chi connectivity index (χ1n) is 9.48. The molecule has 0 aliphatic carbocycles. The lowest BCUT2D eigenvalue weighted by molar-refractivity contribution is -0.120. The number of carbonyl (C=O) groups excluding carboxylic acids is 2. The summed E-state index contributed by atoms with van der Waals surface area (Å²) in [6.07, 6.45) is 2.14. The number of carbonyl (C=O) groups is 2. The molecule has 2 aromatic rings. The SMILES string of the molecule is Cc1cc(C(=O)N2CCCC2)ccc1NC(=O)C(C)C(N)c1ccccc1. The average Bonchev–Trinajstić information content (AvgIpc) is 3.23. The van der Waals surface area contributed by atoms with E-state index < -0.39 is 0 Å². The van der Waals surface area contributed by atoms with E-state index in [1.165, 1.54) is 0 Å². The van der Waals surface area contributed by atoms with E-state index in [0.29, 0.717) is 11.3 Å². The number of hydrogen-bond donors (Lipinski definition) is 2.